The van der Waals surface area contributed by atoms with Crippen molar-refractivity contribution in [3.05, 3.63) is 39.7 Å². The minimum absolute atomic E-state index is 0.00955. The summed E-state index contributed by atoms with van der Waals surface area (Å²) in [6.07, 6.45) is 0.142. The van der Waals surface area contributed by atoms with Crippen LogP contribution in [0.1, 0.15) is 23.1 Å². The fraction of sp³-hybridized carbons (Fsp3) is 0.440. The first-order chi connectivity index (χ1) is 17.6. The number of benzene rings is 1. The van der Waals surface area contributed by atoms with Gasteiger partial charge in [0.1, 0.15) is 22.8 Å². The van der Waals surface area contributed by atoms with Gasteiger partial charge >= 0.3 is 6.03 Å². The summed E-state index contributed by atoms with van der Waals surface area (Å²) in [5.41, 5.74) is 7.92. The van der Waals surface area contributed by atoms with Crippen molar-refractivity contribution in [3.8, 4) is 5.75 Å². The maximum absolute atomic E-state index is 13.9. The zero-order valence-corrected chi connectivity index (χ0v) is 21.4. The van der Waals surface area contributed by atoms with Crippen LogP contribution < -0.4 is 21.7 Å². The van der Waals surface area contributed by atoms with E-state index in [0.29, 0.717) is 11.3 Å². The average molecular weight is 530 g/mol. The predicted molar refractivity (Wildman–Crippen MR) is 135 cm³/mol. The maximum atomic E-state index is 13.9. The molecule has 0 unspecified atom stereocenters. The number of rotatable bonds is 5. The lowest BCUT2D eigenvalue weighted by Crippen LogP contribution is -2.65. The van der Waals surface area contributed by atoms with E-state index in [1.807, 2.05) is 0 Å². The number of nitrogens with one attached hydrogen (secondary N) is 1. The average Bonchev–Trinajstić information content (AvgIpc) is 2.80. The summed E-state index contributed by atoms with van der Waals surface area (Å²) < 4.78 is 0. The van der Waals surface area contributed by atoms with Crippen molar-refractivity contribution in [2.75, 3.05) is 33.1 Å². The molecule has 0 radical (unpaired) electrons. The Bertz CT molecular complexity index is 1350. The Hall–Kier alpha value is -4.10. The molecule has 0 spiro atoms. The van der Waals surface area contributed by atoms with Crippen molar-refractivity contribution < 1.29 is 39.6 Å². The highest BCUT2D eigenvalue weighted by atomic mass is 16.3. The second kappa shape index (κ2) is 9.03. The Labute approximate surface area is 218 Å². The summed E-state index contributed by atoms with van der Waals surface area (Å²) in [7, 11) is 6.57. The quantitative estimate of drug-likeness (QED) is 0.235. The second-order valence-corrected chi connectivity index (χ2v) is 10.3. The van der Waals surface area contributed by atoms with Crippen molar-refractivity contribution in [2.24, 2.45) is 23.3 Å². The molecule has 3 aliphatic carbocycles. The molecule has 0 aliphatic heterocycles. The number of hydrogen-bond acceptors (Lipinski definition) is 10. The summed E-state index contributed by atoms with van der Waals surface area (Å²) in [6, 6.07) is -0.359. The number of fused-ring (bicyclic) bond motifs is 3. The van der Waals surface area contributed by atoms with Gasteiger partial charge in [-0.2, -0.15) is 0 Å². The Kier molecular flexibility index (Phi) is 6.40. The number of nitrogens with zero attached hydrogens (tertiary/aromatic N) is 2. The smallest absolute Gasteiger partial charge is 0.312 e. The van der Waals surface area contributed by atoms with Crippen LogP contribution in [0.4, 0.5) is 10.5 Å². The molecule has 13 nitrogen and oxygen atoms in total. The van der Waals surface area contributed by atoms with Gasteiger partial charge in [-0.1, -0.05) is 0 Å². The highest BCUT2D eigenvalue weighted by molar-refractivity contribution is 6.24. The van der Waals surface area contributed by atoms with Gasteiger partial charge in [-0.3, -0.25) is 19.3 Å². The number of hydrogen-bond donors (Lipinski definition) is 7. The molecule has 0 saturated heterocycles. The number of ketones is 2. The number of likely N-dealkylation sites (N-methyl/N-ethyl adjacent to an activating group) is 1. The van der Waals surface area contributed by atoms with Gasteiger partial charge in [-0.15, -0.1) is 0 Å². The molecule has 4 atom stereocenters. The third kappa shape index (κ3) is 3.69. The zero-order valence-electron chi connectivity index (χ0n) is 21.4. The van der Waals surface area contributed by atoms with Crippen LogP contribution in [0, 0.1) is 11.8 Å². The van der Waals surface area contributed by atoms with Crippen LogP contribution in [0.5, 0.6) is 5.75 Å². The molecule has 38 heavy (non-hydrogen) atoms. The number of aromatic hydroxyl groups is 1. The highest BCUT2D eigenvalue weighted by Gasteiger charge is 2.64. The van der Waals surface area contributed by atoms with E-state index in [2.05, 4.69) is 5.32 Å². The Morgan fingerprint density at radius 1 is 1.13 bits per heavy atom. The first-order valence-corrected chi connectivity index (χ1v) is 11.9. The first kappa shape index (κ1) is 26.9. The molecule has 3 amide bonds. The molecule has 0 aromatic heterocycles. The molecule has 1 aromatic rings. The van der Waals surface area contributed by atoms with E-state index in [-0.39, 0.29) is 36.1 Å². The zero-order chi connectivity index (χ0) is 28.4. The van der Waals surface area contributed by atoms with Gasteiger partial charge in [0.25, 0.3) is 5.91 Å². The SMILES string of the molecule is CN(C)c1cc(CNC(N)=O)c(O)c2c1C[C@@H]1C[C@@H]3[C@@H](N(C)C)C(=O)C(C(N)=O)=C(O)[C@]3(O)C(=O)C1=C2O. The van der Waals surface area contributed by atoms with Gasteiger partial charge in [-0.25, -0.2) is 4.79 Å². The standard InChI is InChI=1S/C25H31N5O8/c1-29(2)13-7-10(8-28-24(27)37)18(31)15-11(13)5-9-6-12-17(30(3)4)20(33)16(23(26)36)22(35)25(12,38)21(34)14(9)19(15)32/h7,9,12,17,31-32,35,38H,5-6,8H2,1-4H3,(H2,26,36)(H3,27,28,37)/t9-,12-,17-,25-/m1/s1. The van der Waals surface area contributed by atoms with Crippen LogP contribution in [-0.4, -0.2) is 88.7 Å². The number of carbonyl (C=O) groups is 4. The normalized spacial score (nSPS) is 26.6. The highest BCUT2D eigenvalue weighted by Crippen LogP contribution is 2.54. The molecule has 4 rings (SSSR count). The number of primary amides is 2. The van der Waals surface area contributed by atoms with Crippen LogP contribution in [-0.2, 0) is 27.3 Å². The van der Waals surface area contributed by atoms with Crippen molar-refractivity contribution in [3.63, 3.8) is 0 Å². The third-order valence-electron chi connectivity index (χ3n) is 7.71. The predicted octanol–water partition coefficient (Wildman–Crippen LogP) is -0.802. The van der Waals surface area contributed by atoms with Crippen molar-refractivity contribution >= 4 is 35.0 Å². The lowest BCUT2D eigenvalue weighted by Gasteiger charge is -2.50. The Balaban J connectivity index is 1.97. The first-order valence-electron chi connectivity index (χ1n) is 11.9. The largest absolute Gasteiger partial charge is 0.508 e. The number of nitrogens with two attached hydrogens (primary N) is 2. The van der Waals surface area contributed by atoms with Crippen LogP contribution in [0.15, 0.2) is 23.0 Å². The summed E-state index contributed by atoms with van der Waals surface area (Å²) in [6.45, 7) is -0.167. The maximum Gasteiger partial charge on any atom is 0.312 e. The van der Waals surface area contributed by atoms with Gasteiger partial charge in [0, 0.05) is 43.4 Å². The van der Waals surface area contributed by atoms with Crippen LogP contribution in [0.3, 0.4) is 0 Å². The number of aliphatic hydroxyl groups excluding tert-OH is 2. The van der Waals surface area contributed by atoms with E-state index in [9.17, 15) is 39.6 Å². The summed E-state index contributed by atoms with van der Waals surface area (Å²) in [4.78, 5) is 53.6. The molecular weight excluding hydrogens is 498 g/mol. The van der Waals surface area contributed by atoms with Gasteiger partial charge in [0.05, 0.1) is 11.6 Å². The number of phenols is 1. The molecule has 204 valence electrons. The van der Waals surface area contributed by atoms with E-state index >= 15 is 0 Å². The van der Waals surface area contributed by atoms with E-state index in [1.165, 1.54) is 19.0 Å². The number of aliphatic hydroxyl groups is 3. The van der Waals surface area contributed by atoms with Gasteiger partial charge < -0.3 is 42.1 Å². The van der Waals surface area contributed by atoms with E-state index < -0.39 is 69.8 Å². The van der Waals surface area contributed by atoms with E-state index in [0.717, 1.165) is 0 Å². The number of phenolic OH excluding ortho intramolecular Hbond substituents is 1. The number of urea groups is 1. The molecule has 9 N–H and O–H groups in total. The van der Waals surface area contributed by atoms with Crippen LogP contribution >= 0.6 is 0 Å². The minimum Gasteiger partial charge on any atom is -0.508 e. The minimum atomic E-state index is -2.71. The summed E-state index contributed by atoms with van der Waals surface area (Å²) in [5.74, 6) is -7.20. The van der Waals surface area contributed by atoms with Gasteiger partial charge in [0.2, 0.25) is 5.78 Å². The lowest BCUT2D eigenvalue weighted by atomic mass is 9.57. The van der Waals surface area contributed by atoms with Crippen molar-refractivity contribution in [1.82, 2.24) is 10.2 Å². The molecule has 0 heterocycles. The second-order valence-electron chi connectivity index (χ2n) is 10.3. The molecule has 3 aliphatic rings. The number of anilines is 1. The van der Waals surface area contributed by atoms with Crippen LogP contribution in [0.2, 0.25) is 0 Å². The molecule has 1 saturated carbocycles. The molecule has 13 heteroatoms. The topological polar surface area (TPSA) is 220 Å². The molecule has 1 aromatic carbocycles. The Morgan fingerprint density at radius 3 is 2.29 bits per heavy atom. The molecular formula is C25H31N5O8. The fourth-order valence-corrected chi connectivity index (χ4v) is 6.06. The van der Waals surface area contributed by atoms with E-state index in [1.54, 1.807) is 25.1 Å². The number of amides is 3. The summed E-state index contributed by atoms with van der Waals surface area (Å²) >= 11 is 0. The number of carbonyl (C=O) groups excluding carboxylic acids is 4. The summed E-state index contributed by atoms with van der Waals surface area (Å²) in [5, 5.41) is 47.4. The Morgan fingerprint density at radius 2 is 1.76 bits per heavy atom. The van der Waals surface area contributed by atoms with Gasteiger partial charge in [0.15, 0.2) is 11.4 Å². The third-order valence-corrected chi connectivity index (χ3v) is 7.71. The van der Waals surface area contributed by atoms with Gasteiger partial charge in [-0.05, 0) is 44.5 Å². The van der Waals surface area contributed by atoms with E-state index in [4.69, 9.17) is 11.5 Å². The molecule has 1 fully saturated rings. The van der Waals surface area contributed by atoms with Crippen molar-refractivity contribution in [2.45, 2.75) is 31.0 Å². The molecule has 0 bridgehead atoms. The monoisotopic (exact) mass is 529 g/mol. The van der Waals surface area contributed by atoms with Crippen molar-refractivity contribution in [1.29, 1.82) is 0 Å². The van der Waals surface area contributed by atoms with Crippen LogP contribution in [0.25, 0.3) is 5.76 Å². The lowest BCUT2D eigenvalue weighted by molar-refractivity contribution is -0.153. The fourth-order valence-electron chi connectivity index (χ4n) is 6.06. The number of Topliss-reactive ketones (excluding diaryl/α,β-unsaturated/α-hetero) is 2.